The van der Waals surface area contributed by atoms with Crippen molar-refractivity contribution in [1.82, 2.24) is 15.0 Å². The maximum absolute atomic E-state index is 11.1. The SMILES string of the molecule is CNc1ncc([N+](=O)[O-])c(-c2cnc3ccccc3c2)n1. The lowest BCUT2D eigenvalue weighted by Gasteiger charge is -2.05. The van der Waals surface area contributed by atoms with Crippen LogP contribution in [0.5, 0.6) is 0 Å². The van der Waals surface area contributed by atoms with Crippen molar-refractivity contribution in [2.75, 3.05) is 12.4 Å². The second-order valence-corrected chi connectivity index (χ2v) is 4.35. The predicted octanol–water partition coefficient (Wildman–Crippen LogP) is 2.64. The number of pyridine rings is 1. The molecule has 0 aliphatic rings. The van der Waals surface area contributed by atoms with Crippen LogP contribution < -0.4 is 5.32 Å². The molecule has 0 atom stereocenters. The summed E-state index contributed by atoms with van der Waals surface area (Å²) in [5.41, 5.74) is 1.51. The molecule has 0 aliphatic heterocycles. The molecule has 0 aliphatic carbocycles. The molecule has 3 rings (SSSR count). The van der Waals surface area contributed by atoms with E-state index in [-0.39, 0.29) is 11.4 Å². The first-order chi connectivity index (χ1) is 10.2. The molecule has 0 unspecified atom stereocenters. The predicted molar refractivity (Wildman–Crippen MR) is 79.0 cm³/mol. The van der Waals surface area contributed by atoms with E-state index in [0.717, 1.165) is 10.9 Å². The Balaban J connectivity index is 2.22. The van der Waals surface area contributed by atoms with Gasteiger partial charge in [-0.15, -0.1) is 0 Å². The highest BCUT2D eigenvalue weighted by atomic mass is 16.6. The number of fused-ring (bicyclic) bond motifs is 1. The quantitative estimate of drug-likeness (QED) is 0.586. The van der Waals surface area contributed by atoms with E-state index >= 15 is 0 Å². The Kier molecular flexibility index (Phi) is 3.15. The minimum Gasteiger partial charge on any atom is -0.357 e. The van der Waals surface area contributed by atoms with Gasteiger partial charge in [0.2, 0.25) is 5.95 Å². The molecule has 2 aromatic heterocycles. The number of aromatic nitrogens is 3. The number of nitro groups is 1. The van der Waals surface area contributed by atoms with Gasteiger partial charge in [-0.05, 0) is 12.1 Å². The molecule has 2 heterocycles. The molecule has 104 valence electrons. The fourth-order valence-corrected chi connectivity index (χ4v) is 2.04. The van der Waals surface area contributed by atoms with Gasteiger partial charge in [-0.2, -0.15) is 0 Å². The molecule has 1 aromatic carbocycles. The third-order valence-corrected chi connectivity index (χ3v) is 3.05. The van der Waals surface area contributed by atoms with Gasteiger partial charge in [0.1, 0.15) is 6.20 Å². The zero-order chi connectivity index (χ0) is 14.8. The Morgan fingerprint density at radius 3 is 2.76 bits per heavy atom. The number of para-hydroxylation sites is 1. The van der Waals surface area contributed by atoms with Crippen LogP contribution in [-0.2, 0) is 0 Å². The second kappa shape index (κ2) is 5.12. The van der Waals surface area contributed by atoms with Crippen LogP contribution in [0.2, 0.25) is 0 Å². The summed E-state index contributed by atoms with van der Waals surface area (Å²) in [6, 6.07) is 9.39. The van der Waals surface area contributed by atoms with Gasteiger partial charge in [-0.1, -0.05) is 18.2 Å². The average molecular weight is 281 g/mol. The third-order valence-electron chi connectivity index (χ3n) is 3.05. The number of nitrogens with zero attached hydrogens (tertiary/aromatic N) is 4. The van der Waals surface area contributed by atoms with Crippen LogP contribution in [-0.4, -0.2) is 26.9 Å². The first-order valence-electron chi connectivity index (χ1n) is 6.23. The van der Waals surface area contributed by atoms with E-state index < -0.39 is 4.92 Å². The molecule has 7 nitrogen and oxygen atoms in total. The van der Waals surface area contributed by atoms with Crippen molar-refractivity contribution < 1.29 is 4.92 Å². The standard InChI is InChI=1S/C14H11N5O2/c1-15-14-17-8-12(19(20)21)13(18-14)10-6-9-4-2-3-5-11(9)16-7-10/h2-8H,1H3,(H,15,17,18). The molecule has 3 aromatic rings. The topological polar surface area (TPSA) is 93.8 Å². The van der Waals surface area contributed by atoms with Crippen LogP contribution in [0.25, 0.3) is 22.2 Å². The summed E-state index contributed by atoms with van der Waals surface area (Å²) < 4.78 is 0. The van der Waals surface area contributed by atoms with Crippen LogP contribution in [0, 0.1) is 10.1 Å². The molecule has 0 radical (unpaired) electrons. The fraction of sp³-hybridized carbons (Fsp3) is 0.0714. The van der Waals surface area contributed by atoms with Crippen LogP contribution in [0.3, 0.4) is 0 Å². The summed E-state index contributed by atoms with van der Waals surface area (Å²) in [7, 11) is 1.66. The first-order valence-corrected chi connectivity index (χ1v) is 6.23. The Morgan fingerprint density at radius 1 is 1.19 bits per heavy atom. The van der Waals surface area contributed by atoms with Crippen molar-refractivity contribution in [3.05, 3.63) is 52.8 Å². The molecule has 0 spiro atoms. The van der Waals surface area contributed by atoms with E-state index in [4.69, 9.17) is 0 Å². The second-order valence-electron chi connectivity index (χ2n) is 4.35. The highest BCUT2D eigenvalue weighted by Crippen LogP contribution is 2.29. The molecular weight excluding hydrogens is 270 g/mol. The molecule has 0 amide bonds. The first kappa shape index (κ1) is 12.9. The zero-order valence-corrected chi connectivity index (χ0v) is 11.1. The Morgan fingerprint density at radius 2 is 2.00 bits per heavy atom. The van der Waals surface area contributed by atoms with Gasteiger partial charge >= 0.3 is 5.69 Å². The summed E-state index contributed by atoms with van der Waals surface area (Å²) in [6.45, 7) is 0. The van der Waals surface area contributed by atoms with E-state index in [1.165, 1.54) is 6.20 Å². The minimum atomic E-state index is -0.496. The number of benzene rings is 1. The van der Waals surface area contributed by atoms with Crippen LogP contribution in [0.4, 0.5) is 11.6 Å². The summed E-state index contributed by atoms with van der Waals surface area (Å²) in [6.07, 6.45) is 2.78. The average Bonchev–Trinajstić information content (AvgIpc) is 2.53. The molecule has 7 heteroatoms. The van der Waals surface area contributed by atoms with Crippen molar-refractivity contribution in [1.29, 1.82) is 0 Å². The number of hydrogen-bond acceptors (Lipinski definition) is 6. The lowest BCUT2D eigenvalue weighted by molar-refractivity contribution is -0.384. The highest BCUT2D eigenvalue weighted by molar-refractivity contribution is 5.84. The van der Waals surface area contributed by atoms with Gasteiger partial charge in [-0.25, -0.2) is 9.97 Å². The molecule has 0 saturated heterocycles. The summed E-state index contributed by atoms with van der Waals surface area (Å²) in [5.74, 6) is 0.323. The Hall–Kier alpha value is -3.09. The van der Waals surface area contributed by atoms with Crippen molar-refractivity contribution in [3.63, 3.8) is 0 Å². The zero-order valence-electron chi connectivity index (χ0n) is 11.1. The largest absolute Gasteiger partial charge is 0.357 e. The van der Waals surface area contributed by atoms with E-state index in [1.54, 1.807) is 13.2 Å². The van der Waals surface area contributed by atoms with E-state index in [2.05, 4.69) is 20.3 Å². The maximum atomic E-state index is 11.1. The summed E-state index contributed by atoms with van der Waals surface area (Å²) in [4.78, 5) is 23.0. The maximum Gasteiger partial charge on any atom is 0.313 e. The van der Waals surface area contributed by atoms with Crippen LogP contribution in [0.15, 0.2) is 42.7 Å². The normalized spacial score (nSPS) is 10.5. The van der Waals surface area contributed by atoms with E-state index in [9.17, 15) is 10.1 Å². The number of nitrogens with one attached hydrogen (secondary N) is 1. The van der Waals surface area contributed by atoms with Crippen molar-refractivity contribution in [3.8, 4) is 11.3 Å². The van der Waals surface area contributed by atoms with Gasteiger partial charge in [0.15, 0.2) is 5.69 Å². The van der Waals surface area contributed by atoms with Gasteiger partial charge in [0.05, 0.1) is 10.4 Å². The van der Waals surface area contributed by atoms with Gasteiger partial charge in [-0.3, -0.25) is 15.1 Å². The van der Waals surface area contributed by atoms with Gasteiger partial charge in [0.25, 0.3) is 0 Å². The number of anilines is 1. The molecule has 0 bridgehead atoms. The summed E-state index contributed by atoms with van der Waals surface area (Å²) >= 11 is 0. The van der Waals surface area contributed by atoms with Crippen molar-refractivity contribution in [2.24, 2.45) is 0 Å². The summed E-state index contributed by atoms with van der Waals surface area (Å²) in [5, 5.41) is 14.8. The number of hydrogen-bond donors (Lipinski definition) is 1. The monoisotopic (exact) mass is 281 g/mol. The minimum absolute atomic E-state index is 0.147. The fourth-order valence-electron chi connectivity index (χ4n) is 2.04. The van der Waals surface area contributed by atoms with Crippen molar-refractivity contribution in [2.45, 2.75) is 0 Å². The highest BCUT2D eigenvalue weighted by Gasteiger charge is 2.19. The van der Waals surface area contributed by atoms with Gasteiger partial charge < -0.3 is 5.32 Å². The lowest BCUT2D eigenvalue weighted by atomic mass is 10.1. The Bertz CT molecular complexity index is 834. The molecular formula is C14H11N5O2. The third kappa shape index (κ3) is 2.36. The van der Waals surface area contributed by atoms with Crippen molar-refractivity contribution >= 4 is 22.5 Å². The Labute approximate surface area is 119 Å². The molecule has 1 N–H and O–H groups in total. The number of rotatable bonds is 3. The van der Waals surface area contributed by atoms with E-state index in [1.807, 2.05) is 30.3 Å². The van der Waals surface area contributed by atoms with Crippen LogP contribution in [0.1, 0.15) is 0 Å². The molecule has 21 heavy (non-hydrogen) atoms. The molecule has 0 fully saturated rings. The van der Waals surface area contributed by atoms with E-state index in [0.29, 0.717) is 11.5 Å². The lowest BCUT2D eigenvalue weighted by Crippen LogP contribution is -2.01. The van der Waals surface area contributed by atoms with Crippen LogP contribution >= 0.6 is 0 Å². The molecule has 0 saturated carbocycles. The smallest absolute Gasteiger partial charge is 0.313 e. The van der Waals surface area contributed by atoms with Gasteiger partial charge in [0, 0.05) is 24.2 Å².